The lowest BCUT2D eigenvalue weighted by Gasteiger charge is -2.36. The quantitative estimate of drug-likeness (QED) is 0.295. The van der Waals surface area contributed by atoms with Gasteiger partial charge in [0.05, 0.1) is 16.0 Å². The van der Waals surface area contributed by atoms with E-state index in [1.807, 2.05) is 4.72 Å². The molecule has 0 saturated carbocycles. The smallest absolute Gasteiger partial charge is 0.417 e. The second kappa shape index (κ2) is 12.8. The van der Waals surface area contributed by atoms with Crippen molar-refractivity contribution in [1.82, 2.24) is 20.7 Å². The Morgan fingerprint density at radius 3 is 2.44 bits per heavy atom. The maximum atomic E-state index is 14.1. The van der Waals surface area contributed by atoms with Crippen LogP contribution in [0.25, 0.3) is 0 Å². The highest BCUT2D eigenvalue weighted by Gasteiger charge is 2.37. The number of halogens is 3. The summed E-state index contributed by atoms with van der Waals surface area (Å²) in [6, 6.07) is 8.45. The summed E-state index contributed by atoms with van der Waals surface area (Å²) in [5, 5.41) is 17.9. The predicted octanol–water partition coefficient (Wildman–Crippen LogP) is 2.12. The highest BCUT2D eigenvalue weighted by atomic mass is 32.2. The maximum absolute atomic E-state index is 14.1. The standard InChI is InChI=1S/C26H31F3N6O5S/c27-26(28,29)20-15-17(35-14-5-4-9-22(35)33-25-30-12-6-13-31-25)10-11-19(20)23(36)32-16-21(24(37)38)34-41(39,40)18-7-2-1-3-8-18/h1-3,7-8,10-11,15,21-22,34H,4-6,9,12-14,16H2,(H,32,36)(H,37,38)(H2,30,31,33)/t21-,22-/m0/s1. The lowest BCUT2D eigenvalue weighted by molar-refractivity contribution is -0.139. The molecule has 2 fully saturated rings. The molecule has 1 amide bonds. The summed E-state index contributed by atoms with van der Waals surface area (Å²) in [4.78, 5) is 30.8. The number of nitrogens with zero attached hydrogens (tertiary/aromatic N) is 2. The summed E-state index contributed by atoms with van der Waals surface area (Å²) in [6.45, 7) is 1.19. The van der Waals surface area contributed by atoms with E-state index >= 15 is 0 Å². The van der Waals surface area contributed by atoms with Gasteiger partial charge in [-0.05, 0) is 56.0 Å². The van der Waals surface area contributed by atoms with Crippen LogP contribution in [-0.2, 0) is 21.0 Å². The Balaban J connectivity index is 1.53. The number of alkyl halides is 3. The Bertz CT molecular complexity index is 1380. The number of carboxylic acids is 1. The molecule has 2 saturated heterocycles. The van der Waals surface area contributed by atoms with Gasteiger partial charge in [-0.1, -0.05) is 18.2 Å². The molecule has 0 unspecified atom stereocenters. The van der Waals surface area contributed by atoms with Gasteiger partial charge in [-0.25, -0.2) is 13.4 Å². The molecule has 4 rings (SSSR count). The normalized spacial score (nSPS) is 18.6. The zero-order valence-corrected chi connectivity index (χ0v) is 22.8. The summed E-state index contributed by atoms with van der Waals surface area (Å²) in [7, 11) is -4.27. The monoisotopic (exact) mass is 596 g/mol. The fourth-order valence-electron chi connectivity index (χ4n) is 4.62. The van der Waals surface area contributed by atoms with Crippen LogP contribution in [0.1, 0.15) is 41.6 Å². The van der Waals surface area contributed by atoms with Crippen molar-refractivity contribution in [3.63, 3.8) is 0 Å². The van der Waals surface area contributed by atoms with Crippen molar-refractivity contribution in [2.45, 2.75) is 49.0 Å². The van der Waals surface area contributed by atoms with E-state index in [1.54, 1.807) is 11.0 Å². The average molecular weight is 597 g/mol. The Kier molecular flexibility index (Phi) is 9.38. The summed E-state index contributed by atoms with van der Waals surface area (Å²) in [5.74, 6) is -2.22. The molecule has 11 nitrogen and oxygen atoms in total. The number of hydrogen-bond donors (Lipinski definition) is 5. The molecule has 0 radical (unpaired) electrons. The van der Waals surface area contributed by atoms with Crippen LogP contribution in [0, 0.1) is 0 Å². The van der Waals surface area contributed by atoms with Gasteiger partial charge in [0.15, 0.2) is 5.96 Å². The fraction of sp³-hybridized carbons (Fsp3) is 0.423. The highest BCUT2D eigenvalue weighted by Crippen LogP contribution is 2.36. The van der Waals surface area contributed by atoms with Gasteiger partial charge in [-0.15, -0.1) is 0 Å². The number of carboxylic acid groups (broad SMARTS) is 1. The minimum Gasteiger partial charge on any atom is -0.480 e. The summed E-state index contributed by atoms with van der Waals surface area (Å²) in [5.41, 5.74) is -1.67. The number of guanidine groups is 1. The van der Waals surface area contributed by atoms with Gasteiger partial charge in [-0.2, -0.15) is 17.9 Å². The molecule has 2 atom stereocenters. The van der Waals surface area contributed by atoms with Crippen molar-refractivity contribution in [1.29, 1.82) is 0 Å². The number of benzene rings is 2. The Morgan fingerprint density at radius 2 is 1.78 bits per heavy atom. The Hall–Kier alpha value is -3.85. The third-order valence-corrected chi connectivity index (χ3v) is 8.18. The van der Waals surface area contributed by atoms with Crippen LogP contribution in [-0.4, -0.2) is 69.7 Å². The van der Waals surface area contributed by atoms with E-state index in [0.29, 0.717) is 18.9 Å². The fourth-order valence-corrected chi connectivity index (χ4v) is 5.83. The van der Waals surface area contributed by atoms with Crippen molar-refractivity contribution in [3.8, 4) is 0 Å². The van der Waals surface area contributed by atoms with Crippen LogP contribution in [0.4, 0.5) is 18.9 Å². The summed E-state index contributed by atoms with van der Waals surface area (Å²) < 4.78 is 69.4. The largest absolute Gasteiger partial charge is 0.480 e. The first-order valence-electron chi connectivity index (χ1n) is 13.1. The number of sulfonamides is 1. The van der Waals surface area contributed by atoms with E-state index in [4.69, 9.17) is 0 Å². The van der Waals surface area contributed by atoms with E-state index < -0.39 is 58.0 Å². The number of carbonyl (C=O) groups is 2. The molecule has 0 aromatic heterocycles. The predicted molar refractivity (Wildman–Crippen MR) is 145 cm³/mol. The van der Waals surface area contributed by atoms with Crippen molar-refractivity contribution in [2.24, 2.45) is 4.99 Å². The molecule has 222 valence electrons. The van der Waals surface area contributed by atoms with Crippen LogP contribution in [0.15, 0.2) is 58.4 Å². The van der Waals surface area contributed by atoms with Gasteiger partial charge in [-0.3, -0.25) is 9.59 Å². The van der Waals surface area contributed by atoms with E-state index in [0.717, 1.165) is 44.5 Å². The van der Waals surface area contributed by atoms with Crippen LogP contribution >= 0.6 is 0 Å². The number of aliphatic carboxylic acids is 1. The zero-order valence-electron chi connectivity index (χ0n) is 21.9. The Morgan fingerprint density at radius 1 is 1.07 bits per heavy atom. The van der Waals surface area contributed by atoms with E-state index in [2.05, 4.69) is 20.9 Å². The topological polar surface area (TPSA) is 152 Å². The van der Waals surface area contributed by atoms with Crippen LogP contribution < -0.4 is 25.6 Å². The molecule has 5 N–H and O–H groups in total. The zero-order chi connectivity index (χ0) is 29.6. The first-order chi connectivity index (χ1) is 19.5. The number of amides is 1. The number of carbonyl (C=O) groups excluding carboxylic acids is 1. The summed E-state index contributed by atoms with van der Waals surface area (Å²) >= 11 is 0. The number of anilines is 1. The molecule has 0 spiro atoms. The molecular formula is C26H31F3N6O5S. The Labute approximate surface area is 235 Å². The molecule has 0 aliphatic carbocycles. The third kappa shape index (κ3) is 7.67. The van der Waals surface area contributed by atoms with Gasteiger partial charge >= 0.3 is 12.1 Å². The van der Waals surface area contributed by atoms with Crippen molar-refractivity contribution in [2.75, 3.05) is 31.1 Å². The lowest BCUT2D eigenvalue weighted by Crippen LogP contribution is -2.48. The molecular weight excluding hydrogens is 565 g/mol. The van der Waals surface area contributed by atoms with Gasteiger partial charge in [0.1, 0.15) is 12.2 Å². The molecule has 2 heterocycles. The van der Waals surface area contributed by atoms with E-state index in [1.165, 1.54) is 30.3 Å². The molecule has 2 aromatic rings. The van der Waals surface area contributed by atoms with E-state index in [9.17, 15) is 36.3 Å². The molecule has 2 aliphatic rings. The van der Waals surface area contributed by atoms with Crippen LogP contribution in [0.2, 0.25) is 0 Å². The first-order valence-corrected chi connectivity index (χ1v) is 14.6. The SMILES string of the molecule is O=C(NC[C@H](NS(=O)(=O)c1ccccc1)C(=O)O)c1ccc(N2CCCC[C@H]2N=C2NCCCN2)cc1C(F)(F)F. The highest BCUT2D eigenvalue weighted by molar-refractivity contribution is 7.89. The van der Waals surface area contributed by atoms with E-state index in [-0.39, 0.29) is 10.6 Å². The van der Waals surface area contributed by atoms with Crippen LogP contribution in [0.3, 0.4) is 0 Å². The van der Waals surface area contributed by atoms with Gasteiger partial charge in [0.2, 0.25) is 10.0 Å². The average Bonchev–Trinajstić information content (AvgIpc) is 2.95. The number of nitrogens with one attached hydrogen (secondary N) is 4. The van der Waals surface area contributed by atoms with Gasteiger partial charge in [0, 0.05) is 31.9 Å². The number of hydrogen-bond acceptors (Lipinski definition) is 6. The number of piperidine rings is 1. The van der Waals surface area contributed by atoms with Crippen LogP contribution in [0.5, 0.6) is 0 Å². The number of aliphatic imine (C=N–C) groups is 1. The first kappa shape index (κ1) is 30.1. The van der Waals surface area contributed by atoms with Gasteiger partial charge < -0.3 is 26.0 Å². The van der Waals surface area contributed by atoms with Crippen molar-refractivity contribution >= 4 is 33.5 Å². The third-order valence-electron chi connectivity index (χ3n) is 6.69. The minimum atomic E-state index is -4.90. The van der Waals surface area contributed by atoms with Gasteiger partial charge in [0.25, 0.3) is 5.91 Å². The second-order valence-corrected chi connectivity index (χ2v) is 11.3. The van der Waals surface area contributed by atoms with Crippen molar-refractivity contribution in [3.05, 3.63) is 59.7 Å². The molecule has 15 heteroatoms. The lowest BCUT2D eigenvalue weighted by atomic mass is 10.0. The molecule has 2 aromatic carbocycles. The molecule has 41 heavy (non-hydrogen) atoms. The maximum Gasteiger partial charge on any atom is 0.417 e. The molecule has 2 aliphatic heterocycles. The minimum absolute atomic E-state index is 0.205. The summed E-state index contributed by atoms with van der Waals surface area (Å²) in [6.07, 6.45) is -2.09. The second-order valence-electron chi connectivity index (χ2n) is 9.62. The van der Waals surface area contributed by atoms with Crippen molar-refractivity contribution < 1.29 is 36.3 Å². The number of rotatable bonds is 9. The molecule has 0 bridgehead atoms.